The van der Waals surface area contributed by atoms with Gasteiger partial charge in [-0.15, -0.1) is 0 Å². The van der Waals surface area contributed by atoms with E-state index < -0.39 is 18.2 Å². The van der Waals surface area contributed by atoms with Crippen LogP contribution in [0.5, 0.6) is 0 Å². The zero-order valence-electron chi connectivity index (χ0n) is 29.3. The number of methoxy groups -OCH3 is 3. The second kappa shape index (κ2) is 27.6. The second-order valence-corrected chi connectivity index (χ2v) is 10.9. The van der Waals surface area contributed by atoms with Crippen molar-refractivity contribution in [3.63, 3.8) is 0 Å². The number of carbonyl (C=O) groups excluding carboxylic acids is 3. The molecule has 12 heteroatoms. The first kappa shape index (κ1) is 46.7. The maximum absolute atomic E-state index is 11.5. The monoisotopic (exact) mass is 640 g/mol. The number of esters is 2. The zero-order chi connectivity index (χ0) is 35.0. The van der Waals surface area contributed by atoms with Gasteiger partial charge in [0.25, 0.3) is 0 Å². The molecule has 44 heavy (non-hydrogen) atoms. The molecule has 0 bridgehead atoms. The highest BCUT2D eigenvalue weighted by Crippen LogP contribution is 2.23. The van der Waals surface area contributed by atoms with Crippen LogP contribution in [0.1, 0.15) is 81.6 Å². The molecule has 10 atom stereocenters. The van der Waals surface area contributed by atoms with Gasteiger partial charge >= 0.3 is 11.9 Å². The Bertz CT molecular complexity index is 720. The van der Waals surface area contributed by atoms with Gasteiger partial charge in [-0.2, -0.15) is 0 Å². The van der Waals surface area contributed by atoms with Gasteiger partial charge in [0, 0.05) is 64.8 Å². The Morgan fingerprint density at radius 1 is 0.591 bits per heavy atom. The third-order valence-corrected chi connectivity index (χ3v) is 8.07. The summed E-state index contributed by atoms with van der Waals surface area (Å²) in [6.07, 6.45) is 0.843. The number of rotatable bonds is 20. The third kappa shape index (κ3) is 17.7. The number of aliphatic hydroxyl groups is 4. The molecular weight excluding hydrogens is 576 g/mol. The van der Waals surface area contributed by atoms with Crippen LogP contribution in [0, 0.1) is 35.5 Å². The van der Waals surface area contributed by atoms with Crippen LogP contribution in [0.4, 0.5) is 0 Å². The molecule has 10 unspecified atom stereocenters. The molecule has 0 aromatic carbocycles. The molecule has 0 aromatic heterocycles. The van der Waals surface area contributed by atoms with Crippen molar-refractivity contribution in [3.05, 3.63) is 0 Å². The molecule has 0 aliphatic heterocycles. The molecule has 0 aliphatic carbocycles. The molecule has 0 aliphatic rings. The summed E-state index contributed by atoms with van der Waals surface area (Å²) in [4.78, 5) is 34.1. The first-order valence-corrected chi connectivity index (χ1v) is 15.6. The van der Waals surface area contributed by atoms with Crippen LogP contribution in [0.15, 0.2) is 0 Å². The molecule has 264 valence electrons. The molecule has 12 nitrogen and oxygen atoms in total. The summed E-state index contributed by atoms with van der Waals surface area (Å²) in [5, 5.41) is 36.6. The van der Waals surface area contributed by atoms with E-state index in [1.807, 2.05) is 27.7 Å². The molecule has 0 saturated heterocycles. The van der Waals surface area contributed by atoms with Crippen molar-refractivity contribution in [2.45, 2.75) is 106 Å². The fourth-order valence-corrected chi connectivity index (χ4v) is 4.93. The van der Waals surface area contributed by atoms with Crippen LogP contribution < -0.4 is 0 Å². The van der Waals surface area contributed by atoms with Gasteiger partial charge in [-0.3, -0.25) is 14.4 Å². The fraction of sp³-hybridized carbons (Fsp3) is 0.906. The van der Waals surface area contributed by atoms with Crippen LogP contribution in [0.3, 0.4) is 0 Å². The van der Waals surface area contributed by atoms with E-state index >= 15 is 0 Å². The SMILES string of the molecule is CCC(OC)C(CO)C(C)C(=O)OC(C)O.CCC(OC)C(CO)C(C)C(C)=O.CCOC(=O)C(C)C(CO)C(CC)OC. The second-order valence-electron chi connectivity index (χ2n) is 10.9. The van der Waals surface area contributed by atoms with Crippen LogP contribution in [0.25, 0.3) is 0 Å². The van der Waals surface area contributed by atoms with Gasteiger partial charge < -0.3 is 44.1 Å². The van der Waals surface area contributed by atoms with Crippen LogP contribution >= 0.6 is 0 Å². The zero-order valence-corrected chi connectivity index (χ0v) is 29.3. The minimum atomic E-state index is -1.13. The third-order valence-electron chi connectivity index (χ3n) is 8.07. The van der Waals surface area contributed by atoms with Crippen LogP contribution in [0.2, 0.25) is 0 Å². The molecule has 4 N–H and O–H groups in total. The Labute approximate surface area is 265 Å². The molecule has 0 aromatic rings. The summed E-state index contributed by atoms with van der Waals surface area (Å²) in [5.74, 6) is -2.25. The average molecular weight is 641 g/mol. The van der Waals surface area contributed by atoms with Gasteiger partial charge in [0.15, 0.2) is 6.29 Å². The van der Waals surface area contributed by atoms with Crippen molar-refractivity contribution < 1.29 is 58.5 Å². The van der Waals surface area contributed by atoms with Crippen molar-refractivity contribution in [1.82, 2.24) is 0 Å². The predicted octanol–water partition coefficient (Wildman–Crippen LogP) is 3.00. The Kier molecular flexibility index (Phi) is 29.3. The topological polar surface area (TPSA) is 178 Å². The standard InChI is InChI=1S/C11H22O5.C11H22O4.C10H20O3/c1-5-10(15-4)9(6-12)7(2)11(14)16-8(3)13;1-5-10(14-4)9(7-12)8(3)11(13)15-6-2;1-5-10(13-4)9(6-11)7(2)8(3)12/h7-10,12-13H,5-6H2,1-4H3;8-10,12H,5-7H2,1-4H3;7,9-11H,5-6H2,1-4H3. The van der Waals surface area contributed by atoms with E-state index in [4.69, 9.17) is 29.2 Å². The molecule has 0 spiro atoms. The van der Waals surface area contributed by atoms with E-state index in [1.54, 1.807) is 49.0 Å². The quantitative estimate of drug-likeness (QED) is 0.113. The van der Waals surface area contributed by atoms with Crippen molar-refractivity contribution in [3.8, 4) is 0 Å². The Balaban J connectivity index is -0.000000576. The van der Waals surface area contributed by atoms with Crippen molar-refractivity contribution >= 4 is 17.7 Å². The van der Waals surface area contributed by atoms with E-state index in [9.17, 15) is 24.6 Å². The van der Waals surface area contributed by atoms with Gasteiger partial charge in [-0.05, 0) is 40.0 Å². The van der Waals surface area contributed by atoms with Gasteiger partial charge in [-0.25, -0.2) is 0 Å². The van der Waals surface area contributed by atoms with E-state index in [0.717, 1.165) is 12.8 Å². The van der Waals surface area contributed by atoms with Crippen molar-refractivity contribution in [2.24, 2.45) is 35.5 Å². The van der Waals surface area contributed by atoms with Crippen LogP contribution in [-0.2, 0) is 38.1 Å². The lowest BCUT2D eigenvalue weighted by Crippen LogP contribution is -2.36. The van der Waals surface area contributed by atoms with E-state index in [0.29, 0.717) is 13.0 Å². The van der Waals surface area contributed by atoms with Gasteiger partial charge in [0.05, 0.1) is 36.8 Å². The summed E-state index contributed by atoms with van der Waals surface area (Å²) in [7, 11) is 4.75. The number of hydrogen-bond acceptors (Lipinski definition) is 12. The number of carbonyl (C=O) groups is 3. The molecular formula is C32H64O12. The summed E-state index contributed by atoms with van der Waals surface area (Å²) in [6, 6.07) is 0. The maximum atomic E-state index is 11.5. The largest absolute Gasteiger partial charge is 0.466 e. The summed E-state index contributed by atoms with van der Waals surface area (Å²) >= 11 is 0. The fourth-order valence-electron chi connectivity index (χ4n) is 4.93. The normalized spacial score (nSPS) is 17.8. The highest BCUT2D eigenvalue weighted by Gasteiger charge is 2.32. The van der Waals surface area contributed by atoms with E-state index in [2.05, 4.69) is 4.74 Å². The summed E-state index contributed by atoms with van der Waals surface area (Å²) in [5.41, 5.74) is 0. The molecule has 0 fully saturated rings. The first-order chi connectivity index (χ1) is 20.7. The highest BCUT2D eigenvalue weighted by atomic mass is 16.6. The lowest BCUT2D eigenvalue weighted by molar-refractivity contribution is -0.174. The van der Waals surface area contributed by atoms with Gasteiger partial charge in [0.1, 0.15) is 5.78 Å². The average Bonchev–Trinajstić information content (AvgIpc) is 3.00. The Morgan fingerprint density at radius 2 is 0.909 bits per heavy atom. The van der Waals surface area contributed by atoms with E-state index in [1.165, 1.54) is 6.92 Å². The lowest BCUT2D eigenvalue weighted by atomic mass is 9.86. The maximum Gasteiger partial charge on any atom is 0.311 e. The van der Waals surface area contributed by atoms with Crippen LogP contribution in [-0.4, -0.2) is 111 Å². The minimum absolute atomic E-state index is 0.00704. The van der Waals surface area contributed by atoms with E-state index in [-0.39, 0.29) is 79.5 Å². The Hall–Kier alpha value is -1.67. The van der Waals surface area contributed by atoms with Crippen molar-refractivity contribution in [2.75, 3.05) is 47.8 Å². The molecule has 0 radical (unpaired) electrons. The molecule has 0 amide bonds. The Morgan fingerprint density at radius 3 is 1.14 bits per heavy atom. The number of ether oxygens (including phenoxy) is 5. The smallest absolute Gasteiger partial charge is 0.311 e. The summed E-state index contributed by atoms with van der Waals surface area (Å²) < 4.78 is 25.2. The number of ketones is 1. The number of hydrogen-bond donors (Lipinski definition) is 4. The number of Topliss-reactive ketones (excluding diaryl/α,β-unsaturated/α-hetero) is 1. The van der Waals surface area contributed by atoms with Crippen molar-refractivity contribution in [1.29, 1.82) is 0 Å². The molecule has 0 saturated carbocycles. The molecule has 0 heterocycles. The minimum Gasteiger partial charge on any atom is -0.466 e. The highest BCUT2D eigenvalue weighted by molar-refractivity contribution is 5.78. The van der Waals surface area contributed by atoms with Gasteiger partial charge in [0.2, 0.25) is 0 Å². The summed E-state index contributed by atoms with van der Waals surface area (Å²) in [6.45, 7) is 16.0. The molecule has 0 rings (SSSR count). The lowest BCUT2D eigenvalue weighted by Gasteiger charge is -2.27. The first-order valence-electron chi connectivity index (χ1n) is 15.6. The predicted molar refractivity (Wildman–Crippen MR) is 168 cm³/mol. The number of aliphatic hydroxyl groups excluding tert-OH is 4. The van der Waals surface area contributed by atoms with Gasteiger partial charge in [-0.1, -0.05) is 41.5 Å².